The molecule has 5 saturated heterocycles. The third-order valence-corrected chi connectivity index (χ3v) is 17.1. The van der Waals surface area contributed by atoms with Crippen molar-refractivity contribution >= 4 is 11.9 Å². The lowest BCUT2D eigenvalue weighted by molar-refractivity contribution is -0.330. The van der Waals surface area contributed by atoms with Crippen molar-refractivity contribution in [3.05, 3.63) is 35.9 Å². The summed E-state index contributed by atoms with van der Waals surface area (Å²) in [6, 6.07) is 7.42. The summed E-state index contributed by atoms with van der Waals surface area (Å²) in [6.45, 7) is 18.9. The molecule has 6 rings (SSSR count). The summed E-state index contributed by atoms with van der Waals surface area (Å²) in [7, 11) is 7.02. The fourth-order valence-electron chi connectivity index (χ4n) is 12.7. The summed E-state index contributed by atoms with van der Waals surface area (Å²) >= 11 is 0. The Balaban J connectivity index is 1.27. The van der Waals surface area contributed by atoms with E-state index in [1.54, 1.807) is 55.4 Å². The van der Waals surface area contributed by atoms with Crippen molar-refractivity contribution in [2.24, 2.45) is 23.7 Å². The van der Waals surface area contributed by atoms with Crippen LogP contribution in [0, 0.1) is 23.7 Å². The number of aliphatic hydroxyl groups is 6. The number of likely N-dealkylation sites (tertiary alicyclic amines) is 2. The van der Waals surface area contributed by atoms with Crippen molar-refractivity contribution in [2.45, 2.75) is 216 Å². The van der Waals surface area contributed by atoms with Crippen LogP contribution in [0.3, 0.4) is 0 Å². The molecule has 1 aromatic carbocycles. The largest absolute Gasteiger partial charge is 0.459 e. The molecule has 7 N–H and O–H groups in total. The number of rotatable bonds is 11. The zero-order valence-electron chi connectivity index (χ0n) is 45.3. The highest BCUT2D eigenvalue weighted by atomic mass is 16.7. The molecule has 1 aromatic rings. The third kappa shape index (κ3) is 12.7. The van der Waals surface area contributed by atoms with Crippen molar-refractivity contribution in [2.75, 3.05) is 47.9 Å². The maximum Gasteiger partial charge on any atom is 0.311 e. The van der Waals surface area contributed by atoms with Gasteiger partial charge in [0.05, 0.1) is 72.4 Å². The average molecular weight is 1020 g/mol. The fourth-order valence-corrected chi connectivity index (χ4v) is 12.7. The minimum Gasteiger partial charge on any atom is -0.459 e. The van der Waals surface area contributed by atoms with Gasteiger partial charge in [-0.25, -0.2) is 0 Å². The quantitative estimate of drug-likeness (QED) is 0.156. The van der Waals surface area contributed by atoms with Gasteiger partial charge in [0.1, 0.15) is 30.0 Å². The summed E-state index contributed by atoms with van der Waals surface area (Å²) in [4.78, 5) is 34.2. The molecule has 0 aliphatic carbocycles. The Bertz CT molecular complexity index is 1920. The van der Waals surface area contributed by atoms with Gasteiger partial charge in [0.15, 0.2) is 12.6 Å². The lowest BCUT2D eigenvalue weighted by atomic mass is 9.75. The van der Waals surface area contributed by atoms with E-state index in [-0.39, 0.29) is 43.7 Å². The Labute approximate surface area is 427 Å². The number of methoxy groups -OCH3 is 1. The van der Waals surface area contributed by atoms with Crippen LogP contribution < -0.4 is 5.32 Å². The number of carbonyl (C=O) groups excluding carboxylic acids is 2. The Morgan fingerprint density at radius 3 is 2.14 bits per heavy atom. The number of nitrogens with one attached hydrogen (secondary N) is 1. The molecule has 0 radical (unpaired) electrons. The summed E-state index contributed by atoms with van der Waals surface area (Å²) in [6.07, 6.45) is -11.3. The zero-order valence-corrected chi connectivity index (χ0v) is 45.3. The van der Waals surface area contributed by atoms with Gasteiger partial charge in [-0.05, 0) is 100 Å². The first-order valence-corrected chi connectivity index (χ1v) is 26.3. The smallest absolute Gasteiger partial charge is 0.311 e. The number of amides is 1. The molecule has 0 bridgehead atoms. The van der Waals surface area contributed by atoms with E-state index in [9.17, 15) is 40.2 Å². The lowest BCUT2D eigenvalue weighted by Crippen LogP contribution is -2.72. The molecule has 1 amide bonds. The van der Waals surface area contributed by atoms with Crippen LogP contribution in [0.25, 0.3) is 0 Å². The fraction of sp³-hybridized carbons (Fsp3) is 0.849. The van der Waals surface area contributed by atoms with Crippen LogP contribution in [-0.4, -0.2) is 220 Å². The second-order valence-electron chi connectivity index (χ2n) is 23.0. The second kappa shape index (κ2) is 23.8. The van der Waals surface area contributed by atoms with Crippen molar-refractivity contribution in [3.63, 3.8) is 0 Å². The van der Waals surface area contributed by atoms with E-state index < -0.39 is 132 Å². The molecule has 19 heteroatoms. The van der Waals surface area contributed by atoms with Gasteiger partial charge in [0.25, 0.3) is 0 Å². The molecule has 19 nitrogen and oxygen atoms in total. The molecule has 0 saturated carbocycles. The van der Waals surface area contributed by atoms with E-state index >= 15 is 0 Å². The predicted molar refractivity (Wildman–Crippen MR) is 266 cm³/mol. The Hall–Kier alpha value is -2.44. The second-order valence-corrected chi connectivity index (χ2v) is 23.0. The van der Waals surface area contributed by atoms with Gasteiger partial charge >= 0.3 is 5.97 Å². The van der Waals surface area contributed by atoms with Crippen LogP contribution in [0.2, 0.25) is 0 Å². The number of carbonyl (C=O) groups is 2. The van der Waals surface area contributed by atoms with E-state index in [0.717, 1.165) is 5.56 Å². The molecular weight excluding hydrogens is 933 g/mol. The minimum absolute atomic E-state index is 0.0733. The van der Waals surface area contributed by atoms with Crippen molar-refractivity contribution < 1.29 is 73.4 Å². The van der Waals surface area contributed by atoms with Gasteiger partial charge in [0, 0.05) is 57.1 Å². The number of hydrogen-bond acceptors (Lipinski definition) is 18. The highest BCUT2D eigenvalue weighted by molar-refractivity contribution is 5.82. The first-order chi connectivity index (χ1) is 33.6. The molecule has 23 atom stereocenters. The Morgan fingerprint density at radius 2 is 1.50 bits per heavy atom. The van der Waals surface area contributed by atoms with E-state index in [4.69, 9.17) is 33.2 Å². The van der Waals surface area contributed by atoms with Gasteiger partial charge in [-0.15, -0.1) is 0 Å². The van der Waals surface area contributed by atoms with E-state index in [1.807, 2.05) is 73.1 Å². The first kappa shape index (κ1) is 58.8. The number of cyclic esters (lactones) is 1. The molecule has 5 heterocycles. The van der Waals surface area contributed by atoms with Gasteiger partial charge in [-0.1, -0.05) is 51.1 Å². The van der Waals surface area contributed by atoms with Crippen LogP contribution in [-0.2, 0) is 49.4 Å². The van der Waals surface area contributed by atoms with E-state index in [1.165, 1.54) is 14.0 Å². The zero-order chi connectivity index (χ0) is 53.4. The third-order valence-electron chi connectivity index (χ3n) is 17.1. The highest BCUT2D eigenvalue weighted by Crippen LogP contribution is 2.42. The number of ether oxygens (including phenoxy) is 7. The molecule has 72 heavy (non-hydrogen) atoms. The summed E-state index contributed by atoms with van der Waals surface area (Å²) in [5.74, 6) is -3.85. The van der Waals surface area contributed by atoms with E-state index in [2.05, 4.69) is 5.32 Å². The maximum absolute atomic E-state index is 14.5. The van der Waals surface area contributed by atoms with Crippen molar-refractivity contribution in [3.8, 4) is 0 Å². The topological polar surface area (TPSA) is 242 Å². The van der Waals surface area contributed by atoms with Crippen LogP contribution >= 0.6 is 0 Å². The van der Waals surface area contributed by atoms with Crippen LogP contribution in [0.4, 0.5) is 0 Å². The molecular formula is C53H90N4O15. The van der Waals surface area contributed by atoms with Crippen molar-refractivity contribution in [1.29, 1.82) is 0 Å². The summed E-state index contributed by atoms with van der Waals surface area (Å²) < 4.78 is 44.6. The van der Waals surface area contributed by atoms with Crippen LogP contribution in [0.5, 0.6) is 0 Å². The van der Waals surface area contributed by atoms with Crippen LogP contribution in [0.1, 0.15) is 100 Å². The molecule has 5 aliphatic rings. The number of esters is 1. The molecule has 5 aliphatic heterocycles. The summed E-state index contributed by atoms with van der Waals surface area (Å²) in [5.41, 5.74) is -3.59. The first-order valence-electron chi connectivity index (χ1n) is 26.3. The Morgan fingerprint density at radius 1 is 0.833 bits per heavy atom. The molecule has 0 aromatic heterocycles. The number of piperidine rings is 1. The number of likely N-dealkylation sites (N-methyl/N-ethyl adjacent to an activating group) is 3. The van der Waals surface area contributed by atoms with Gasteiger partial charge in [-0.3, -0.25) is 19.4 Å². The Kier molecular flexibility index (Phi) is 19.5. The molecule has 412 valence electrons. The average Bonchev–Trinajstić information content (AvgIpc) is 3.71. The molecule has 5 fully saturated rings. The molecule has 0 spiro atoms. The number of fused-ring (bicyclic) bond motifs is 1. The normalized spacial score (nSPS) is 46.7. The monoisotopic (exact) mass is 1020 g/mol. The standard InChI is InChI=1S/C53H90N4O15/c1-15-38-53(10,65)45(60)31(5)55(11)24-28(2)22-51(8,64)47(29(3)44(30(4)49(63)70-38)71-39-23-52(9,66-14)46(61)33(7)68-39)72-50-43(59)41-40(32(6)69-50)42(58)36(26-57(41)13)54-48(62)37-21-35(25-56(37)12)67-27-34-19-17-16-18-20-34/h16-20,28-33,35-47,50,58-61,64-65H,15,21-27H2,1-14H3,(H,54,62)/t28-,29+,30-,31-,32-,33+,35-,36?,37+,38-,39+,40?,41+,42-,43-,44+,45-,46+,47-,50+,51-,52-,53-/m1/s1. The predicted octanol–water partition coefficient (Wildman–Crippen LogP) is 1.65. The van der Waals surface area contributed by atoms with Crippen molar-refractivity contribution in [1.82, 2.24) is 20.0 Å². The number of benzene rings is 1. The van der Waals surface area contributed by atoms with Gasteiger partial charge < -0.3 is 74.0 Å². The maximum atomic E-state index is 14.5. The SMILES string of the molecule is CC[C@H]1OC(=O)[C@H](C)[C@@H](O[C@H]2C[C@@](C)(OC)[C@@H](O)[C@H](C)O2)[C@H](C)[C@@H](O[C@@H]2O[C@H](C)C3[C@H](O)C(NC(=O)[C@@H]4C[C@@H](OCc5ccccc5)CN4C)CN(C)[C@@H]3[C@H]2O)[C@](C)(O)C[C@@H](C)CN(C)[C@H](C)[C@@H](O)[C@]1(C)O. The number of nitrogens with zero attached hydrogens (tertiary/aromatic N) is 3. The highest BCUT2D eigenvalue weighted by Gasteiger charge is 2.57. The van der Waals surface area contributed by atoms with Crippen LogP contribution in [0.15, 0.2) is 30.3 Å². The number of aliphatic hydroxyl groups excluding tert-OH is 4. The van der Waals surface area contributed by atoms with Gasteiger partial charge in [-0.2, -0.15) is 0 Å². The lowest BCUT2D eigenvalue weighted by Gasteiger charge is -2.55. The van der Waals surface area contributed by atoms with E-state index in [0.29, 0.717) is 26.1 Å². The van der Waals surface area contributed by atoms with Gasteiger partial charge in [0.2, 0.25) is 5.91 Å². The summed E-state index contributed by atoms with van der Waals surface area (Å²) in [5, 5.41) is 75.1. The molecule has 2 unspecified atom stereocenters. The minimum atomic E-state index is -1.86. The number of hydrogen-bond donors (Lipinski definition) is 7.